The summed E-state index contributed by atoms with van der Waals surface area (Å²) < 4.78 is 4.81. The fraction of sp³-hybridized carbons (Fsp3) is 1.00. The Kier molecular flexibility index (Phi) is 1.58. The molecule has 3 heteroatoms. The molecule has 1 unspecified atom stereocenters. The molecule has 1 rings (SSSR count). The molecule has 0 aromatic rings. The molecule has 0 aliphatic carbocycles. The van der Waals surface area contributed by atoms with Gasteiger partial charge in [0.1, 0.15) is 7.85 Å². The Morgan fingerprint density at radius 2 is 2.38 bits per heavy atom. The van der Waals surface area contributed by atoms with Gasteiger partial charge in [0.2, 0.25) is 0 Å². The summed E-state index contributed by atoms with van der Waals surface area (Å²) in [5.74, 6) is 0.296. The van der Waals surface area contributed by atoms with Gasteiger partial charge in [-0.25, -0.2) is 0 Å². The number of rotatable bonds is 0. The van der Waals surface area contributed by atoms with Crippen LogP contribution in [0.5, 0.6) is 0 Å². The number of hydrogen-bond acceptors (Lipinski definition) is 2. The third-order valence-electron chi connectivity index (χ3n) is 1.45. The van der Waals surface area contributed by atoms with Gasteiger partial charge in [0.05, 0.1) is 0 Å². The van der Waals surface area contributed by atoms with Crippen molar-refractivity contribution in [3.63, 3.8) is 0 Å². The average Bonchev–Trinajstić information content (AvgIpc) is 1.85. The Hall–Kier alpha value is -0.0151. The first-order valence-electron chi connectivity index (χ1n) is 2.79. The highest BCUT2D eigenvalue weighted by molar-refractivity contribution is 6.11. The van der Waals surface area contributed by atoms with Crippen LogP contribution < -0.4 is 0 Å². The molecule has 1 saturated heterocycles. The summed E-state index contributed by atoms with van der Waals surface area (Å²) in [4.78, 5) is 0. The zero-order valence-electron chi connectivity index (χ0n) is 4.87. The minimum atomic E-state index is -0.625. The van der Waals surface area contributed by atoms with Crippen LogP contribution in [-0.2, 0) is 4.74 Å². The van der Waals surface area contributed by atoms with Crippen LogP contribution in [0.3, 0.4) is 0 Å². The van der Waals surface area contributed by atoms with Gasteiger partial charge in [0.15, 0.2) is 6.29 Å². The second-order valence-corrected chi connectivity index (χ2v) is 2.27. The summed E-state index contributed by atoms with van der Waals surface area (Å²) >= 11 is 0. The van der Waals surface area contributed by atoms with Crippen molar-refractivity contribution in [3.05, 3.63) is 0 Å². The highest BCUT2D eigenvalue weighted by atomic mass is 16.6. The number of aliphatic hydroxyl groups is 1. The summed E-state index contributed by atoms with van der Waals surface area (Å²) in [7, 11) is 5.39. The number of hydrogen-bond donors (Lipinski definition) is 1. The second kappa shape index (κ2) is 2.07. The Labute approximate surface area is 50.3 Å². The van der Waals surface area contributed by atoms with Gasteiger partial charge in [-0.15, -0.1) is 0 Å². The van der Waals surface area contributed by atoms with Crippen LogP contribution in [0.4, 0.5) is 0 Å². The molecular formula is C5H9BO2. The van der Waals surface area contributed by atoms with E-state index in [1.165, 1.54) is 0 Å². The van der Waals surface area contributed by atoms with Crippen molar-refractivity contribution in [2.24, 2.45) is 5.92 Å². The van der Waals surface area contributed by atoms with Crippen LogP contribution in [-0.4, -0.2) is 25.2 Å². The highest BCUT2D eigenvalue weighted by Crippen LogP contribution is 2.21. The SMILES string of the molecule is [B][C@@H]1OC(O)C[C@@H]1C. The minimum absolute atomic E-state index is 0.259. The predicted octanol–water partition coefficient (Wildman–Crippen LogP) is -0.144. The molecule has 2 radical (unpaired) electrons. The first kappa shape index (κ1) is 6.11. The molecule has 1 aliphatic heterocycles. The highest BCUT2D eigenvalue weighted by Gasteiger charge is 2.25. The van der Waals surface area contributed by atoms with E-state index in [1.807, 2.05) is 6.92 Å². The molecule has 0 bridgehead atoms. The third-order valence-corrected chi connectivity index (χ3v) is 1.45. The summed E-state index contributed by atoms with van der Waals surface area (Å²) in [6.07, 6.45) is 0.0428. The van der Waals surface area contributed by atoms with E-state index in [1.54, 1.807) is 0 Å². The van der Waals surface area contributed by atoms with Crippen LogP contribution in [0.1, 0.15) is 13.3 Å². The molecule has 2 nitrogen and oxygen atoms in total. The largest absolute Gasteiger partial charge is 0.368 e. The lowest BCUT2D eigenvalue weighted by Gasteiger charge is -2.05. The summed E-state index contributed by atoms with van der Waals surface area (Å²) in [5.41, 5.74) is 0. The average molecular weight is 112 g/mol. The van der Waals surface area contributed by atoms with E-state index < -0.39 is 6.29 Å². The van der Waals surface area contributed by atoms with Gasteiger partial charge in [-0.2, -0.15) is 0 Å². The Balaban J connectivity index is 2.39. The Bertz CT molecular complexity index is 76.5. The van der Waals surface area contributed by atoms with Crippen molar-refractivity contribution in [2.45, 2.75) is 25.6 Å². The lowest BCUT2D eigenvalue weighted by atomic mass is 9.88. The van der Waals surface area contributed by atoms with Gasteiger partial charge in [-0.3, -0.25) is 0 Å². The van der Waals surface area contributed by atoms with Crippen LogP contribution in [0.2, 0.25) is 0 Å². The quantitative estimate of drug-likeness (QED) is 0.441. The molecule has 1 heterocycles. The molecule has 1 aliphatic rings. The van der Waals surface area contributed by atoms with Crippen molar-refractivity contribution in [2.75, 3.05) is 0 Å². The van der Waals surface area contributed by atoms with E-state index in [0.717, 1.165) is 0 Å². The van der Waals surface area contributed by atoms with Gasteiger partial charge < -0.3 is 9.84 Å². The van der Waals surface area contributed by atoms with Crippen molar-refractivity contribution in [1.82, 2.24) is 0 Å². The van der Waals surface area contributed by atoms with E-state index in [-0.39, 0.29) is 6.00 Å². The van der Waals surface area contributed by atoms with E-state index in [9.17, 15) is 0 Å². The predicted molar refractivity (Wildman–Crippen MR) is 30.4 cm³/mol. The monoisotopic (exact) mass is 112 g/mol. The summed E-state index contributed by atoms with van der Waals surface area (Å²) in [6, 6.07) is -0.259. The van der Waals surface area contributed by atoms with Crippen molar-refractivity contribution in [1.29, 1.82) is 0 Å². The standard InChI is InChI=1S/C5H9BO2/c1-3-2-4(7)8-5(3)6/h3-5,7H,2H2,1H3/t3-,4?,5+/m0/s1. The molecule has 0 spiro atoms. The van der Waals surface area contributed by atoms with E-state index in [2.05, 4.69) is 0 Å². The maximum absolute atomic E-state index is 8.77. The van der Waals surface area contributed by atoms with Crippen LogP contribution in [0, 0.1) is 5.92 Å². The Morgan fingerprint density at radius 1 is 1.75 bits per heavy atom. The molecule has 3 atom stereocenters. The molecule has 1 fully saturated rings. The van der Waals surface area contributed by atoms with Crippen molar-refractivity contribution >= 4 is 7.85 Å². The second-order valence-electron chi connectivity index (χ2n) is 2.27. The first-order chi connectivity index (χ1) is 3.70. The van der Waals surface area contributed by atoms with Crippen LogP contribution >= 0.6 is 0 Å². The molecule has 0 saturated carbocycles. The van der Waals surface area contributed by atoms with Crippen LogP contribution in [0.25, 0.3) is 0 Å². The number of aliphatic hydroxyl groups excluding tert-OH is 1. The van der Waals surface area contributed by atoms with Gasteiger partial charge in [0.25, 0.3) is 0 Å². The lowest BCUT2D eigenvalue weighted by molar-refractivity contribution is -0.0704. The molecule has 0 amide bonds. The smallest absolute Gasteiger partial charge is 0.154 e. The summed E-state index contributed by atoms with van der Waals surface area (Å²) in [6.45, 7) is 1.96. The third kappa shape index (κ3) is 1.04. The van der Waals surface area contributed by atoms with Gasteiger partial charge in [-0.1, -0.05) is 6.92 Å². The van der Waals surface area contributed by atoms with E-state index >= 15 is 0 Å². The Morgan fingerprint density at radius 3 is 2.50 bits per heavy atom. The molecule has 44 valence electrons. The molecule has 0 aromatic carbocycles. The maximum Gasteiger partial charge on any atom is 0.154 e. The maximum atomic E-state index is 8.77. The normalized spacial score (nSPS) is 47.5. The molecular weight excluding hydrogens is 103 g/mol. The van der Waals surface area contributed by atoms with E-state index in [4.69, 9.17) is 17.7 Å². The van der Waals surface area contributed by atoms with Gasteiger partial charge in [0, 0.05) is 12.4 Å². The van der Waals surface area contributed by atoms with Gasteiger partial charge in [-0.05, 0) is 5.92 Å². The van der Waals surface area contributed by atoms with Crippen molar-refractivity contribution < 1.29 is 9.84 Å². The number of ether oxygens (including phenoxy) is 1. The summed E-state index contributed by atoms with van der Waals surface area (Å²) in [5, 5.41) is 8.77. The minimum Gasteiger partial charge on any atom is -0.368 e. The van der Waals surface area contributed by atoms with E-state index in [0.29, 0.717) is 12.3 Å². The topological polar surface area (TPSA) is 29.5 Å². The molecule has 8 heavy (non-hydrogen) atoms. The van der Waals surface area contributed by atoms with Crippen molar-refractivity contribution in [3.8, 4) is 0 Å². The zero-order chi connectivity index (χ0) is 6.15. The first-order valence-corrected chi connectivity index (χ1v) is 2.79. The van der Waals surface area contributed by atoms with Gasteiger partial charge >= 0.3 is 0 Å². The molecule has 1 N–H and O–H groups in total. The molecule has 0 aromatic heterocycles. The fourth-order valence-electron chi connectivity index (χ4n) is 0.823. The lowest BCUT2D eigenvalue weighted by Crippen LogP contribution is -2.13. The van der Waals surface area contributed by atoms with Crippen LogP contribution in [0.15, 0.2) is 0 Å². The zero-order valence-corrected chi connectivity index (χ0v) is 4.87. The fourth-order valence-corrected chi connectivity index (χ4v) is 0.823.